The van der Waals surface area contributed by atoms with Crippen LogP contribution in [0, 0.1) is 29.2 Å². The summed E-state index contributed by atoms with van der Waals surface area (Å²) >= 11 is 0. The zero-order chi connectivity index (χ0) is 14.7. The predicted octanol–water partition coefficient (Wildman–Crippen LogP) is 2.39. The molecule has 2 rings (SSSR count). The van der Waals surface area contributed by atoms with Crippen LogP contribution >= 0.6 is 12.4 Å². The molecular weight excluding hydrogens is 312 g/mol. The van der Waals surface area contributed by atoms with Gasteiger partial charge in [0, 0.05) is 12.6 Å². The summed E-state index contributed by atoms with van der Waals surface area (Å²) in [5.41, 5.74) is -1.22. The Balaban J connectivity index is 0.00000220. The first kappa shape index (κ1) is 17.7. The average Bonchev–Trinajstić information content (AvgIpc) is 2.90. The monoisotopic (exact) mass is 326 g/mol. The van der Waals surface area contributed by atoms with Crippen LogP contribution in [-0.2, 0) is 0 Å². The number of benzene rings is 1. The first-order valence-electron chi connectivity index (χ1n) is 6.32. The van der Waals surface area contributed by atoms with Gasteiger partial charge in [0.15, 0.2) is 23.3 Å². The van der Waals surface area contributed by atoms with Gasteiger partial charge < -0.3 is 10.6 Å². The molecule has 0 saturated carbocycles. The van der Waals surface area contributed by atoms with Crippen molar-refractivity contribution in [3.05, 3.63) is 34.9 Å². The Labute approximate surface area is 125 Å². The highest BCUT2D eigenvalue weighted by Gasteiger charge is 2.24. The second-order valence-electron chi connectivity index (χ2n) is 4.75. The van der Waals surface area contributed by atoms with Gasteiger partial charge in [-0.25, -0.2) is 17.6 Å². The van der Waals surface area contributed by atoms with Crippen LogP contribution in [0.3, 0.4) is 0 Å². The lowest BCUT2D eigenvalue weighted by Gasteiger charge is -2.10. The van der Waals surface area contributed by atoms with Crippen molar-refractivity contribution in [2.45, 2.75) is 12.8 Å². The molecule has 0 radical (unpaired) electrons. The summed E-state index contributed by atoms with van der Waals surface area (Å²) < 4.78 is 52.7. The Morgan fingerprint density at radius 3 is 2.38 bits per heavy atom. The lowest BCUT2D eigenvalue weighted by molar-refractivity contribution is 0.0940. The number of nitrogens with one attached hydrogen (secondary N) is 2. The predicted molar refractivity (Wildman–Crippen MR) is 71.4 cm³/mol. The number of hydrogen-bond donors (Lipinski definition) is 2. The minimum Gasteiger partial charge on any atom is -0.352 e. The van der Waals surface area contributed by atoms with E-state index < -0.39 is 34.7 Å². The lowest BCUT2D eigenvalue weighted by Crippen LogP contribution is -2.28. The number of rotatable bonds is 4. The Morgan fingerprint density at radius 1 is 1.24 bits per heavy atom. The largest absolute Gasteiger partial charge is 0.352 e. The lowest BCUT2D eigenvalue weighted by atomic mass is 10.1. The molecule has 1 aliphatic rings. The topological polar surface area (TPSA) is 41.1 Å². The van der Waals surface area contributed by atoms with Gasteiger partial charge in [0.2, 0.25) is 0 Å². The van der Waals surface area contributed by atoms with Crippen molar-refractivity contribution in [3.8, 4) is 0 Å². The van der Waals surface area contributed by atoms with Gasteiger partial charge in [-0.1, -0.05) is 0 Å². The highest BCUT2D eigenvalue weighted by molar-refractivity contribution is 5.94. The fourth-order valence-corrected chi connectivity index (χ4v) is 2.21. The van der Waals surface area contributed by atoms with E-state index in [2.05, 4.69) is 10.6 Å². The smallest absolute Gasteiger partial charge is 0.257 e. The van der Waals surface area contributed by atoms with E-state index in [1.54, 1.807) is 0 Å². The first-order chi connectivity index (χ1) is 9.50. The first-order valence-corrected chi connectivity index (χ1v) is 6.32. The number of carbonyl (C=O) groups is 1. The highest BCUT2D eigenvalue weighted by Crippen LogP contribution is 2.19. The Bertz CT molecular complexity index is 495. The van der Waals surface area contributed by atoms with E-state index >= 15 is 0 Å². The fraction of sp³-hybridized carbons (Fsp3) is 0.462. The molecule has 1 fully saturated rings. The second-order valence-corrected chi connectivity index (χ2v) is 4.75. The van der Waals surface area contributed by atoms with Gasteiger partial charge in [-0.2, -0.15) is 0 Å². The van der Waals surface area contributed by atoms with Crippen LogP contribution in [0.4, 0.5) is 17.6 Å². The molecule has 1 aliphatic heterocycles. The molecule has 1 aromatic carbocycles. The van der Waals surface area contributed by atoms with E-state index in [0.717, 1.165) is 19.5 Å². The molecule has 1 saturated heterocycles. The highest BCUT2D eigenvalue weighted by atomic mass is 35.5. The summed E-state index contributed by atoms with van der Waals surface area (Å²) in [5, 5.41) is 5.43. The SMILES string of the molecule is Cl.O=C(NCCC1CCNC1)c1c(F)c(F)cc(F)c1F. The molecule has 1 aromatic rings. The normalized spacial score (nSPS) is 17.4. The van der Waals surface area contributed by atoms with Gasteiger partial charge in [-0.3, -0.25) is 4.79 Å². The number of carbonyl (C=O) groups excluding carboxylic acids is 1. The van der Waals surface area contributed by atoms with E-state index in [1.807, 2.05) is 0 Å². The van der Waals surface area contributed by atoms with Crippen LogP contribution in [0.5, 0.6) is 0 Å². The number of hydrogen-bond acceptors (Lipinski definition) is 2. The summed E-state index contributed by atoms with van der Waals surface area (Å²) in [7, 11) is 0. The molecule has 0 aromatic heterocycles. The van der Waals surface area contributed by atoms with E-state index in [-0.39, 0.29) is 25.0 Å². The summed E-state index contributed by atoms with van der Waals surface area (Å²) in [6, 6.07) is 0.0750. The van der Waals surface area contributed by atoms with Crippen molar-refractivity contribution in [2.75, 3.05) is 19.6 Å². The standard InChI is InChI=1S/C13H14F4N2O.ClH/c14-8-5-9(15)12(17)10(11(8)16)13(20)19-4-2-7-1-3-18-6-7;/h5,7,18H,1-4,6H2,(H,19,20);1H. The van der Waals surface area contributed by atoms with E-state index in [0.29, 0.717) is 12.3 Å². The zero-order valence-corrected chi connectivity index (χ0v) is 11.8. The van der Waals surface area contributed by atoms with Crippen molar-refractivity contribution in [3.63, 3.8) is 0 Å². The maximum atomic E-state index is 13.4. The van der Waals surface area contributed by atoms with Gasteiger partial charge in [-0.05, 0) is 31.8 Å². The van der Waals surface area contributed by atoms with Crippen molar-refractivity contribution in [1.29, 1.82) is 0 Å². The maximum Gasteiger partial charge on any atom is 0.257 e. The molecule has 0 spiro atoms. The zero-order valence-electron chi connectivity index (χ0n) is 11.0. The van der Waals surface area contributed by atoms with Crippen molar-refractivity contribution >= 4 is 18.3 Å². The molecule has 8 heteroatoms. The third kappa shape index (κ3) is 4.07. The van der Waals surface area contributed by atoms with E-state index in [1.165, 1.54) is 0 Å². The quantitative estimate of drug-likeness (QED) is 0.659. The average molecular weight is 327 g/mol. The fourth-order valence-electron chi connectivity index (χ4n) is 2.21. The summed E-state index contributed by atoms with van der Waals surface area (Å²) in [5.74, 6) is -7.30. The summed E-state index contributed by atoms with van der Waals surface area (Å²) in [6.07, 6.45) is 1.60. The van der Waals surface area contributed by atoms with E-state index in [4.69, 9.17) is 0 Å². The van der Waals surface area contributed by atoms with Crippen molar-refractivity contribution in [2.24, 2.45) is 5.92 Å². The third-order valence-corrected chi connectivity index (χ3v) is 3.34. The second kappa shape index (κ2) is 7.61. The summed E-state index contributed by atoms with van der Waals surface area (Å²) in [4.78, 5) is 11.6. The van der Waals surface area contributed by atoms with Crippen molar-refractivity contribution in [1.82, 2.24) is 10.6 Å². The van der Waals surface area contributed by atoms with Gasteiger partial charge >= 0.3 is 0 Å². The molecule has 1 amide bonds. The van der Waals surface area contributed by atoms with Crippen LogP contribution < -0.4 is 10.6 Å². The Hall–Kier alpha value is -1.34. The van der Waals surface area contributed by atoms with Gasteiger partial charge in [0.05, 0.1) is 0 Å². The number of halogens is 5. The summed E-state index contributed by atoms with van der Waals surface area (Å²) in [6.45, 7) is 1.92. The molecule has 1 atom stereocenters. The Kier molecular flexibility index (Phi) is 6.42. The molecule has 118 valence electrons. The molecule has 1 unspecified atom stereocenters. The van der Waals surface area contributed by atoms with Crippen LogP contribution in [0.1, 0.15) is 23.2 Å². The Morgan fingerprint density at radius 2 is 1.86 bits per heavy atom. The van der Waals surface area contributed by atoms with Crippen molar-refractivity contribution < 1.29 is 22.4 Å². The van der Waals surface area contributed by atoms with Crippen LogP contribution in [0.25, 0.3) is 0 Å². The van der Waals surface area contributed by atoms with Gasteiger partial charge in [0.25, 0.3) is 5.91 Å². The minimum atomic E-state index is -1.68. The van der Waals surface area contributed by atoms with Crippen LogP contribution in [0.15, 0.2) is 6.07 Å². The molecule has 21 heavy (non-hydrogen) atoms. The number of amides is 1. The minimum absolute atomic E-state index is 0. The van der Waals surface area contributed by atoms with Gasteiger partial charge in [-0.15, -0.1) is 12.4 Å². The molecule has 0 aliphatic carbocycles. The van der Waals surface area contributed by atoms with Gasteiger partial charge in [0.1, 0.15) is 5.56 Å². The molecule has 1 heterocycles. The molecule has 3 nitrogen and oxygen atoms in total. The molecule has 2 N–H and O–H groups in total. The molecular formula is C13H15ClF4N2O. The molecule has 0 bridgehead atoms. The van der Waals surface area contributed by atoms with Crippen LogP contribution in [0.2, 0.25) is 0 Å². The van der Waals surface area contributed by atoms with Crippen LogP contribution in [-0.4, -0.2) is 25.5 Å². The maximum absolute atomic E-state index is 13.4. The third-order valence-electron chi connectivity index (χ3n) is 3.34. The van der Waals surface area contributed by atoms with E-state index in [9.17, 15) is 22.4 Å².